The van der Waals surface area contributed by atoms with Crippen LogP contribution in [0.2, 0.25) is 0 Å². The van der Waals surface area contributed by atoms with Crippen molar-refractivity contribution in [2.75, 3.05) is 6.54 Å². The van der Waals surface area contributed by atoms with E-state index in [9.17, 15) is 9.59 Å². The zero-order valence-electron chi connectivity index (χ0n) is 11.7. The van der Waals surface area contributed by atoms with Crippen molar-refractivity contribution in [3.8, 4) is 0 Å². The Balaban J connectivity index is 2.15. The van der Waals surface area contributed by atoms with Crippen LogP contribution in [0.3, 0.4) is 0 Å². The Morgan fingerprint density at radius 2 is 1.81 bits per heavy atom. The van der Waals surface area contributed by atoms with Crippen LogP contribution in [0, 0.1) is 0 Å². The first-order chi connectivity index (χ1) is 10.1. The molecule has 2 rings (SSSR count). The second-order valence-corrected chi connectivity index (χ2v) is 4.92. The molecule has 5 nitrogen and oxygen atoms in total. The molecule has 0 aliphatic carbocycles. The minimum Gasteiger partial charge on any atom is -0.368 e. The van der Waals surface area contributed by atoms with Crippen LogP contribution < -0.4 is 16.8 Å². The van der Waals surface area contributed by atoms with E-state index in [0.717, 1.165) is 10.8 Å². The molecule has 0 spiro atoms. The lowest BCUT2D eigenvalue weighted by Gasteiger charge is -2.15. The standard InChI is InChI=1S/C16H19N3O2/c17-9-3-6-14(15(18)20)19-16(21)13-8-7-11-4-1-2-5-12(11)10-13/h1-2,4-5,7-8,10,14H,3,6,9,17H2,(H2,18,20)(H,19,21)/t14-/m0/s1. The van der Waals surface area contributed by atoms with E-state index in [1.165, 1.54) is 0 Å². The lowest BCUT2D eigenvalue weighted by molar-refractivity contribution is -0.120. The quantitative estimate of drug-likeness (QED) is 0.742. The van der Waals surface area contributed by atoms with E-state index in [1.807, 2.05) is 30.3 Å². The molecular formula is C16H19N3O2. The van der Waals surface area contributed by atoms with Gasteiger partial charge < -0.3 is 16.8 Å². The Bertz CT molecular complexity index is 655. The summed E-state index contributed by atoms with van der Waals surface area (Å²) in [5, 5.41) is 4.70. The van der Waals surface area contributed by atoms with Gasteiger partial charge in [-0.05, 0) is 42.3 Å². The summed E-state index contributed by atoms with van der Waals surface area (Å²) in [6, 6.07) is 12.5. The fraction of sp³-hybridized carbons (Fsp3) is 0.250. The molecule has 0 heterocycles. The third-order valence-corrected chi connectivity index (χ3v) is 3.36. The topological polar surface area (TPSA) is 98.2 Å². The number of rotatable bonds is 6. The first-order valence-corrected chi connectivity index (χ1v) is 6.91. The average Bonchev–Trinajstić information content (AvgIpc) is 2.50. The molecule has 5 heteroatoms. The third-order valence-electron chi connectivity index (χ3n) is 3.36. The van der Waals surface area contributed by atoms with E-state index in [2.05, 4.69) is 5.32 Å². The number of hydrogen-bond donors (Lipinski definition) is 3. The predicted molar refractivity (Wildman–Crippen MR) is 82.7 cm³/mol. The maximum atomic E-state index is 12.2. The van der Waals surface area contributed by atoms with Crippen molar-refractivity contribution >= 4 is 22.6 Å². The van der Waals surface area contributed by atoms with Gasteiger partial charge in [0.15, 0.2) is 0 Å². The van der Waals surface area contributed by atoms with Crippen molar-refractivity contribution in [3.05, 3.63) is 48.0 Å². The average molecular weight is 285 g/mol. The van der Waals surface area contributed by atoms with Gasteiger partial charge in [-0.1, -0.05) is 30.3 Å². The highest BCUT2D eigenvalue weighted by Crippen LogP contribution is 2.15. The van der Waals surface area contributed by atoms with Crippen LogP contribution >= 0.6 is 0 Å². The van der Waals surface area contributed by atoms with E-state index in [1.54, 1.807) is 12.1 Å². The van der Waals surface area contributed by atoms with Crippen LogP contribution in [-0.4, -0.2) is 24.4 Å². The summed E-state index contributed by atoms with van der Waals surface area (Å²) in [5.74, 6) is -0.848. The minimum absolute atomic E-state index is 0.304. The van der Waals surface area contributed by atoms with Gasteiger partial charge in [0.25, 0.3) is 5.91 Å². The second-order valence-electron chi connectivity index (χ2n) is 4.92. The maximum absolute atomic E-state index is 12.2. The summed E-state index contributed by atoms with van der Waals surface area (Å²) < 4.78 is 0. The zero-order chi connectivity index (χ0) is 15.2. The van der Waals surface area contributed by atoms with Gasteiger partial charge in [-0.15, -0.1) is 0 Å². The molecule has 5 N–H and O–H groups in total. The van der Waals surface area contributed by atoms with Crippen molar-refractivity contribution in [3.63, 3.8) is 0 Å². The van der Waals surface area contributed by atoms with Crippen LogP contribution in [0.1, 0.15) is 23.2 Å². The van der Waals surface area contributed by atoms with Crippen molar-refractivity contribution in [2.45, 2.75) is 18.9 Å². The molecule has 0 aliphatic heterocycles. The normalized spacial score (nSPS) is 12.0. The van der Waals surface area contributed by atoms with Gasteiger partial charge in [0.1, 0.15) is 6.04 Å². The molecule has 21 heavy (non-hydrogen) atoms. The summed E-state index contributed by atoms with van der Waals surface area (Å²) in [6.07, 6.45) is 1.08. The van der Waals surface area contributed by atoms with Crippen LogP contribution in [-0.2, 0) is 4.79 Å². The number of fused-ring (bicyclic) bond motifs is 1. The van der Waals surface area contributed by atoms with Crippen molar-refractivity contribution in [1.29, 1.82) is 0 Å². The van der Waals surface area contributed by atoms with E-state index in [-0.39, 0.29) is 5.91 Å². The van der Waals surface area contributed by atoms with Crippen LogP contribution in [0.5, 0.6) is 0 Å². The molecule has 0 radical (unpaired) electrons. The molecule has 2 amide bonds. The smallest absolute Gasteiger partial charge is 0.251 e. The van der Waals surface area contributed by atoms with E-state index < -0.39 is 11.9 Å². The fourth-order valence-electron chi connectivity index (χ4n) is 2.18. The molecule has 110 valence electrons. The minimum atomic E-state index is -0.687. The molecule has 1 atom stereocenters. The van der Waals surface area contributed by atoms with Crippen LogP contribution in [0.25, 0.3) is 10.8 Å². The first-order valence-electron chi connectivity index (χ1n) is 6.91. The number of primary amides is 1. The van der Waals surface area contributed by atoms with E-state index >= 15 is 0 Å². The van der Waals surface area contributed by atoms with Crippen LogP contribution in [0.4, 0.5) is 0 Å². The first kappa shape index (κ1) is 15.0. The fourth-order valence-corrected chi connectivity index (χ4v) is 2.18. The Labute approximate surface area is 123 Å². The number of carbonyl (C=O) groups is 2. The van der Waals surface area contributed by atoms with Crippen molar-refractivity contribution < 1.29 is 9.59 Å². The molecule has 2 aromatic carbocycles. The van der Waals surface area contributed by atoms with E-state index in [4.69, 9.17) is 11.5 Å². The molecular weight excluding hydrogens is 266 g/mol. The molecule has 0 unspecified atom stereocenters. The van der Waals surface area contributed by atoms with Gasteiger partial charge in [-0.2, -0.15) is 0 Å². The lowest BCUT2D eigenvalue weighted by Crippen LogP contribution is -2.44. The monoisotopic (exact) mass is 285 g/mol. The van der Waals surface area contributed by atoms with Gasteiger partial charge in [-0.3, -0.25) is 9.59 Å². The number of amides is 2. The zero-order valence-corrected chi connectivity index (χ0v) is 11.7. The SMILES string of the molecule is NCCC[C@H](NC(=O)c1ccc2ccccc2c1)C(N)=O. The number of nitrogens with two attached hydrogens (primary N) is 2. The Morgan fingerprint density at radius 3 is 2.48 bits per heavy atom. The van der Waals surface area contributed by atoms with Gasteiger partial charge in [-0.25, -0.2) is 0 Å². The van der Waals surface area contributed by atoms with Gasteiger partial charge >= 0.3 is 0 Å². The second kappa shape index (κ2) is 6.85. The highest BCUT2D eigenvalue weighted by Gasteiger charge is 2.18. The third kappa shape index (κ3) is 3.79. The van der Waals surface area contributed by atoms with Gasteiger partial charge in [0.05, 0.1) is 0 Å². The Hall–Kier alpha value is -2.40. The summed E-state index contributed by atoms with van der Waals surface area (Å²) in [7, 11) is 0. The summed E-state index contributed by atoms with van der Waals surface area (Å²) >= 11 is 0. The molecule has 0 aliphatic rings. The number of nitrogens with one attached hydrogen (secondary N) is 1. The maximum Gasteiger partial charge on any atom is 0.251 e. The van der Waals surface area contributed by atoms with E-state index in [0.29, 0.717) is 24.9 Å². The van der Waals surface area contributed by atoms with Gasteiger partial charge in [0, 0.05) is 5.56 Å². The molecule has 0 saturated heterocycles. The Kier molecular flexibility index (Phi) is 4.90. The highest BCUT2D eigenvalue weighted by atomic mass is 16.2. The van der Waals surface area contributed by atoms with Gasteiger partial charge in [0.2, 0.25) is 5.91 Å². The lowest BCUT2D eigenvalue weighted by atomic mass is 10.1. The number of carbonyl (C=O) groups excluding carboxylic acids is 2. The Morgan fingerprint density at radius 1 is 1.10 bits per heavy atom. The predicted octanol–water partition coefficient (Wildman–Crippen LogP) is 1.16. The molecule has 0 bridgehead atoms. The summed E-state index contributed by atoms with van der Waals surface area (Å²) in [4.78, 5) is 23.6. The highest BCUT2D eigenvalue weighted by molar-refractivity contribution is 6.00. The summed E-state index contributed by atoms with van der Waals surface area (Å²) in [5.41, 5.74) is 11.2. The van der Waals surface area contributed by atoms with Crippen molar-refractivity contribution in [2.24, 2.45) is 11.5 Å². The number of hydrogen-bond acceptors (Lipinski definition) is 3. The van der Waals surface area contributed by atoms with Crippen LogP contribution in [0.15, 0.2) is 42.5 Å². The molecule has 0 aromatic heterocycles. The molecule has 0 fully saturated rings. The molecule has 2 aromatic rings. The van der Waals surface area contributed by atoms with Crippen molar-refractivity contribution in [1.82, 2.24) is 5.32 Å². The summed E-state index contributed by atoms with van der Waals surface area (Å²) in [6.45, 7) is 0.454. The molecule has 0 saturated carbocycles. The number of benzene rings is 2. The largest absolute Gasteiger partial charge is 0.368 e.